The molecule has 0 bridgehead atoms. The van der Waals surface area contributed by atoms with Crippen LogP contribution in [-0.2, 0) is 0 Å². The van der Waals surface area contributed by atoms with E-state index in [0.29, 0.717) is 16.3 Å². The van der Waals surface area contributed by atoms with Crippen molar-refractivity contribution in [2.45, 2.75) is 6.92 Å². The van der Waals surface area contributed by atoms with Gasteiger partial charge in [0.2, 0.25) is 0 Å². The number of nitrogens with one attached hydrogen (secondary N) is 1. The molecule has 0 aliphatic heterocycles. The van der Waals surface area contributed by atoms with Crippen LogP contribution in [0.15, 0.2) is 42.7 Å². The number of carbonyl (C=O) groups excluding carboxylic acids is 1. The van der Waals surface area contributed by atoms with Crippen LogP contribution >= 0.6 is 11.6 Å². The van der Waals surface area contributed by atoms with Gasteiger partial charge in [-0.05, 0) is 36.8 Å². The molecule has 0 atom stereocenters. The van der Waals surface area contributed by atoms with Gasteiger partial charge in [-0.2, -0.15) is 0 Å². The van der Waals surface area contributed by atoms with E-state index >= 15 is 0 Å². The van der Waals surface area contributed by atoms with Crippen molar-refractivity contribution < 1.29 is 4.79 Å². The number of carbonyl (C=O) groups is 1. The molecule has 0 radical (unpaired) electrons. The third-order valence-corrected chi connectivity index (χ3v) is 2.45. The maximum Gasteiger partial charge on any atom is 0.255 e. The minimum Gasteiger partial charge on any atom is -0.321 e. The van der Waals surface area contributed by atoms with Gasteiger partial charge in [-0.25, -0.2) is 0 Å². The van der Waals surface area contributed by atoms with E-state index < -0.39 is 0 Å². The molecule has 1 N–H and O–H groups in total. The van der Waals surface area contributed by atoms with Gasteiger partial charge in [-0.15, -0.1) is 0 Å². The summed E-state index contributed by atoms with van der Waals surface area (Å²) < 4.78 is 0. The molecule has 3 nitrogen and oxygen atoms in total. The molecule has 0 unspecified atom stereocenters. The Kier molecular flexibility index (Phi) is 3.40. The number of hydrogen-bond donors (Lipinski definition) is 1. The lowest BCUT2D eigenvalue weighted by Crippen LogP contribution is -2.11. The highest BCUT2D eigenvalue weighted by Crippen LogP contribution is 2.13. The van der Waals surface area contributed by atoms with E-state index in [2.05, 4.69) is 10.3 Å². The smallest absolute Gasteiger partial charge is 0.255 e. The number of anilines is 1. The molecule has 0 saturated heterocycles. The first-order valence-corrected chi connectivity index (χ1v) is 5.51. The Morgan fingerprint density at radius 1 is 1.29 bits per heavy atom. The number of amides is 1. The van der Waals surface area contributed by atoms with Gasteiger partial charge in [0.15, 0.2) is 0 Å². The molecule has 0 aliphatic rings. The highest BCUT2D eigenvalue weighted by molar-refractivity contribution is 6.31. The van der Waals surface area contributed by atoms with Crippen molar-refractivity contribution in [3.8, 4) is 0 Å². The zero-order valence-corrected chi connectivity index (χ0v) is 10.0. The van der Waals surface area contributed by atoms with Gasteiger partial charge in [-0.3, -0.25) is 9.78 Å². The molecular formula is C13H11ClN2O. The molecule has 4 heteroatoms. The zero-order chi connectivity index (χ0) is 12.3. The van der Waals surface area contributed by atoms with Crippen LogP contribution < -0.4 is 5.32 Å². The first-order chi connectivity index (χ1) is 8.15. The van der Waals surface area contributed by atoms with Gasteiger partial charge in [0.05, 0.1) is 11.9 Å². The number of aromatic nitrogens is 1. The summed E-state index contributed by atoms with van der Waals surface area (Å²) in [5, 5.41) is 3.31. The van der Waals surface area contributed by atoms with Crippen LogP contribution in [0, 0.1) is 6.92 Å². The number of hydrogen-bond acceptors (Lipinski definition) is 2. The van der Waals surface area contributed by atoms with Crippen LogP contribution in [0.3, 0.4) is 0 Å². The monoisotopic (exact) mass is 246 g/mol. The molecule has 17 heavy (non-hydrogen) atoms. The number of pyridine rings is 1. The predicted octanol–water partition coefficient (Wildman–Crippen LogP) is 3.30. The highest BCUT2D eigenvalue weighted by atomic mass is 35.5. The topological polar surface area (TPSA) is 42.0 Å². The molecule has 0 saturated carbocycles. The van der Waals surface area contributed by atoms with Crippen LogP contribution in [0.25, 0.3) is 0 Å². The Labute approximate surface area is 104 Å². The molecular weight excluding hydrogens is 236 g/mol. The number of aryl methyl sites for hydroxylation is 1. The molecule has 86 valence electrons. The van der Waals surface area contributed by atoms with E-state index in [1.807, 2.05) is 13.0 Å². The minimum atomic E-state index is -0.195. The molecule has 2 rings (SSSR count). The van der Waals surface area contributed by atoms with Crippen molar-refractivity contribution in [2.75, 3.05) is 5.32 Å². The molecule has 2 aromatic rings. The summed E-state index contributed by atoms with van der Waals surface area (Å²) >= 11 is 5.82. The van der Waals surface area contributed by atoms with Crippen molar-refractivity contribution >= 4 is 23.2 Å². The molecule has 1 heterocycles. The lowest BCUT2D eigenvalue weighted by Gasteiger charge is -2.05. The normalized spacial score (nSPS) is 10.0. The van der Waals surface area contributed by atoms with Crippen molar-refractivity contribution in [1.82, 2.24) is 4.98 Å². The van der Waals surface area contributed by atoms with Gasteiger partial charge >= 0.3 is 0 Å². The standard InChI is InChI=1S/C13H11ClN2O/c1-9-5-12(8-15-7-9)16-13(17)10-3-2-4-11(14)6-10/h2-8H,1H3,(H,16,17). The van der Waals surface area contributed by atoms with Crippen molar-refractivity contribution in [1.29, 1.82) is 0 Å². The average Bonchev–Trinajstić information content (AvgIpc) is 2.29. The average molecular weight is 247 g/mol. The van der Waals surface area contributed by atoms with Crippen molar-refractivity contribution in [3.63, 3.8) is 0 Å². The second kappa shape index (κ2) is 4.97. The van der Waals surface area contributed by atoms with Crippen LogP contribution in [0.1, 0.15) is 15.9 Å². The first kappa shape index (κ1) is 11.6. The fraction of sp³-hybridized carbons (Fsp3) is 0.0769. The van der Waals surface area contributed by atoms with Crippen LogP contribution in [0.4, 0.5) is 5.69 Å². The van der Waals surface area contributed by atoms with Gasteiger partial charge in [0.25, 0.3) is 5.91 Å². The SMILES string of the molecule is Cc1cncc(NC(=O)c2cccc(Cl)c2)c1. The quantitative estimate of drug-likeness (QED) is 0.884. The lowest BCUT2D eigenvalue weighted by molar-refractivity contribution is 0.102. The van der Waals surface area contributed by atoms with E-state index in [4.69, 9.17) is 11.6 Å². The third kappa shape index (κ3) is 3.04. The molecule has 0 fully saturated rings. The summed E-state index contributed by atoms with van der Waals surface area (Å²) in [7, 11) is 0. The lowest BCUT2D eigenvalue weighted by atomic mass is 10.2. The third-order valence-electron chi connectivity index (χ3n) is 2.22. The van der Waals surface area contributed by atoms with Crippen molar-refractivity contribution in [3.05, 3.63) is 58.9 Å². The molecule has 0 aliphatic carbocycles. The first-order valence-electron chi connectivity index (χ1n) is 5.14. The number of rotatable bonds is 2. The van der Waals surface area contributed by atoms with Crippen LogP contribution in [0.5, 0.6) is 0 Å². The fourth-order valence-corrected chi connectivity index (χ4v) is 1.65. The van der Waals surface area contributed by atoms with Crippen LogP contribution in [0.2, 0.25) is 5.02 Å². The van der Waals surface area contributed by atoms with E-state index in [9.17, 15) is 4.79 Å². The summed E-state index contributed by atoms with van der Waals surface area (Å²) in [4.78, 5) is 15.9. The largest absolute Gasteiger partial charge is 0.321 e. The van der Waals surface area contributed by atoms with Gasteiger partial charge in [0, 0.05) is 16.8 Å². The summed E-state index contributed by atoms with van der Waals surface area (Å²) in [6.07, 6.45) is 3.34. The molecule has 0 spiro atoms. The summed E-state index contributed by atoms with van der Waals surface area (Å²) in [5.41, 5.74) is 2.20. The Morgan fingerprint density at radius 3 is 2.82 bits per heavy atom. The Hall–Kier alpha value is -1.87. The summed E-state index contributed by atoms with van der Waals surface area (Å²) in [6.45, 7) is 1.92. The number of nitrogens with zero attached hydrogens (tertiary/aromatic N) is 1. The Bertz CT molecular complexity index is 555. The van der Waals surface area contributed by atoms with E-state index in [-0.39, 0.29) is 5.91 Å². The van der Waals surface area contributed by atoms with E-state index in [0.717, 1.165) is 5.56 Å². The van der Waals surface area contributed by atoms with Gasteiger partial charge in [0.1, 0.15) is 0 Å². The zero-order valence-electron chi connectivity index (χ0n) is 9.27. The minimum absolute atomic E-state index is 0.195. The van der Waals surface area contributed by atoms with Gasteiger partial charge < -0.3 is 5.32 Å². The summed E-state index contributed by atoms with van der Waals surface area (Å²) in [6, 6.07) is 8.66. The molecule has 1 amide bonds. The maximum absolute atomic E-state index is 11.9. The van der Waals surface area contributed by atoms with Crippen LogP contribution in [-0.4, -0.2) is 10.9 Å². The Morgan fingerprint density at radius 2 is 2.12 bits per heavy atom. The summed E-state index contributed by atoms with van der Waals surface area (Å²) in [5.74, 6) is -0.195. The Balaban J connectivity index is 2.17. The van der Waals surface area contributed by atoms with E-state index in [1.165, 1.54) is 0 Å². The number of halogens is 1. The van der Waals surface area contributed by atoms with E-state index in [1.54, 1.807) is 36.7 Å². The molecule has 1 aromatic heterocycles. The fourth-order valence-electron chi connectivity index (χ4n) is 1.46. The van der Waals surface area contributed by atoms with Gasteiger partial charge in [-0.1, -0.05) is 17.7 Å². The highest BCUT2D eigenvalue weighted by Gasteiger charge is 2.06. The maximum atomic E-state index is 11.9. The second-order valence-electron chi connectivity index (χ2n) is 3.72. The second-order valence-corrected chi connectivity index (χ2v) is 4.15. The predicted molar refractivity (Wildman–Crippen MR) is 68.4 cm³/mol. The molecule has 1 aromatic carbocycles. The number of benzene rings is 1. The van der Waals surface area contributed by atoms with Crippen molar-refractivity contribution in [2.24, 2.45) is 0 Å².